The number of carboxylic acids is 1. The van der Waals surface area contributed by atoms with Crippen molar-refractivity contribution < 1.29 is 9.90 Å². The van der Waals surface area contributed by atoms with E-state index in [1.165, 1.54) is 32.1 Å². The molecular formula is C11H20ClNO2. The molecule has 4 heteroatoms. The van der Waals surface area contributed by atoms with Crippen molar-refractivity contribution in [3.63, 3.8) is 0 Å². The fourth-order valence-electron chi connectivity index (χ4n) is 2.92. The van der Waals surface area contributed by atoms with Crippen LogP contribution in [0.25, 0.3) is 0 Å². The highest BCUT2D eigenvalue weighted by atomic mass is 35.5. The van der Waals surface area contributed by atoms with Crippen molar-refractivity contribution in [1.82, 2.24) is 5.32 Å². The maximum Gasteiger partial charge on any atom is 0.320 e. The Hall–Kier alpha value is -0.280. The molecule has 0 amide bonds. The highest BCUT2D eigenvalue weighted by Gasteiger charge is 2.34. The molecule has 1 heterocycles. The van der Waals surface area contributed by atoms with Crippen LogP contribution in [0.2, 0.25) is 0 Å². The van der Waals surface area contributed by atoms with Gasteiger partial charge in [-0.2, -0.15) is 0 Å². The van der Waals surface area contributed by atoms with Crippen LogP contribution in [0.3, 0.4) is 0 Å². The molecule has 3 nitrogen and oxygen atoms in total. The van der Waals surface area contributed by atoms with Gasteiger partial charge in [-0.3, -0.25) is 4.79 Å². The fourth-order valence-corrected chi connectivity index (χ4v) is 2.92. The minimum atomic E-state index is -0.677. The Morgan fingerprint density at radius 3 is 2.33 bits per heavy atom. The van der Waals surface area contributed by atoms with Gasteiger partial charge in [0.2, 0.25) is 0 Å². The molecule has 2 rings (SSSR count). The minimum Gasteiger partial charge on any atom is -0.480 e. The van der Waals surface area contributed by atoms with Crippen LogP contribution in [0, 0.1) is 11.8 Å². The number of hydrogen-bond donors (Lipinski definition) is 2. The van der Waals surface area contributed by atoms with Gasteiger partial charge in [-0.25, -0.2) is 0 Å². The number of halogens is 1. The van der Waals surface area contributed by atoms with Gasteiger partial charge in [-0.1, -0.05) is 32.1 Å². The third kappa shape index (κ3) is 3.08. The molecule has 1 unspecified atom stereocenters. The van der Waals surface area contributed by atoms with E-state index >= 15 is 0 Å². The van der Waals surface area contributed by atoms with Crippen LogP contribution in [0.15, 0.2) is 0 Å². The lowest BCUT2D eigenvalue weighted by atomic mass is 9.79. The summed E-state index contributed by atoms with van der Waals surface area (Å²) in [6.07, 6.45) is 7.55. The summed E-state index contributed by atoms with van der Waals surface area (Å²) in [5.74, 6) is 0.736. The van der Waals surface area contributed by atoms with E-state index in [0.29, 0.717) is 5.92 Å². The summed E-state index contributed by atoms with van der Waals surface area (Å²) in [6, 6.07) is -0.276. The monoisotopic (exact) mass is 233 g/mol. The van der Waals surface area contributed by atoms with E-state index in [1.54, 1.807) is 0 Å². The van der Waals surface area contributed by atoms with Crippen LogP contribution in [-0.2, 0) is 4.79 Å². The molecule has 1 aliphatic carbocycles. The first-order valence-corrected chi connectivity index (χ1v) is 5.73. The number of rotatable bonds is 2. The number of carboxylic acid groups (broad SMARTS) is 1. The van der Waals surface area contributed by atoms with E-state index in [0.717, 1.165) is 18.9 Å². The molecule has 2 aliphatic rings. The first-order chi connectivity index (χ1) is 6.77. The van der Waals surface area contributed by atoms with Gasteiger partial charge in [0.25, 0.3) is 0 Å². The largest absolute Gasteiger partial charge is 0.480 e. The van der Waals surface area contributed by atoms with Crippen LogP contribution in [0.4, 0.5) is 0 Å². The van der Waals surface area contributed by atoms with Gasteiger partial charge in [0, 0.05) is 0 Å². The van der Waals surface area contributed by atoms with Crippen molar-refractivity contribution in [1.29, 1.82) is 0 Å². The van der Waals surface area contributed by atoms with E-state index in [2.05, 4.69) is 5.32 Å². The Labute approximate surface area is 97.0 Å². The highest BCUT2D eigenvalue weighted by molar-refractivity contribution is 5.85. The van der Waals surface area contributed by atoms with Crippen LogP contribution >= 0.6 is 12.4 Å². The van der Waals surface area contributed by atoms with Crippen molar-refractivity contribution in [3.8, 4) is 0 Å². The van der Waals surface area contributed by atoms with E-state index in [1.807, 2.05) is 0 Å². The lowest BCUT2D eigenvalue weighted by Crippen LogP contribution is -2.29. The van der Waals surface area contributed by atoms with E-state index in [9.17, 15) is 4.79 Å². The van der Waals surface area contributed by atoms with Crippen molar-refractivity contribution in [2.24, 2.45) is 11.8 Å². The van der Waals surface area contributed by atoms with Crippen molar-refractivity contribution in [2.75, 3.05) is 6.54 Å². The average molecular weight is 234 g/mol. The minimum absolute atomic E-state index is 0. The normalized spacial score (nSPS) is 32.3. The standard InChI is InChI=1S/C11H19NO2.ClH/c13-11(14)10-6-9(7-12-10)8-4-2-1-3-5-8;/h8-10,12H,1-7H2,(H,13,14);1H/t9?,10-;/m0./s1. The zero-order valence-corrected chi connectivity index (χ0v) is 9.76. The summed E-state index contributed by atoms with van der Waals surface area (Å²) >= 11 is 0. The Balaban J connectivity index is 0.00000112. The molecule has 15 heavy (non-hydrogen) atoms. The topological polar surface area (TPSA) is 49.3 Å². The number of carbonyl (C=O) groups is 1. The Kier molecular flexibility index (Phi) is 4.87. The van der Waals surface area contributed by atoms with Crippen molar-refractivity contribution >= 4 is 18.4 Å². The first-order valence-electron chi connectivity index (χ1n) is 5.73. The van der Waals surface area contributed by atoms with E-state index in [-0.39, 0.29) is 18.4 Å². The van der Waals surface area contributed by atoms with Crippen molar-refractivity contribution in [2.45, 2.75) is 44.6 Å². The lowest BCUT2D eigenvalue weighted by molar-refractivity contribution is -0.139. The lowest BCUT2D eigenvalue weighted by Gasteiger charge is -2.26. The number of hydrogen-bond acceptors (Lipinski definition) is 2. The molecule has 0 bridgehead atoms. The third-order valence-electron chi connectivity index (χ3n) is 3.78. The third-order valence-corrected chi connectivity index (χ3v) is 3.78. The predicted molar refractivity (Wildman–Crippen MR) is 61.4 cm³/mol. The molecule has 2 fully saturated rings. The quantitative estimate of drug-likeness (QED) is 0.768. The molecule has 1 saturated heterocycles. The molecule has 2 N–H and O–H groups in total. The SMILES string of the molecule is Cl.O=C(O)[C@@H]1CC(C2CCCCC2)CN1. The van der Waals surface area contributed by atoms with Gasteiger partial charge >= 0.3 is 5.97 Å². The van der Waals surface area contributed by atoms with Gasteiger partial charge < -0.3 is 10.4 Å². The second-order valence-electron chi connectivity index (χ2n) is 4.69. The number of nitrogens with one attached hydrogen (secondary N) is 1. The van der Waals surface area contributed by atoms with Crippen LogP contribution in [-0.4, -0.2) is 23.7 Å². The molecular weight excluding hydrogens is 214 g/mol. The predicted octanol–water partition coefficient (Wildman–Crippen LogP) is 2.05. The molecule has 2 atom stereocenters. The molecule has 88 valence electrons. The van der Waals surface area contributed by atoms with Gasteiger partial charge in [-0.15, -0.1) is 12.4 Å². The molecule has 0 aromatic heterocycles. The molecule has 0 spiro atoms. The van der Waals surface area contributed by atoms with Gasteiger partial charge in [0.15, 0.2) is 0 Å². The maximum absolute atomic E-state index is 10.8. The molecule has 1 saturated carbocycles. The Morgan fingerprint density at radius 2 is 1.80 bits per heavy atom. The van der Waals surface area contributed by atoms with Crippen LogP contribution < -0.4 is 5.32 Å². The summed E-state index contributed by atoms with van der Waals surface area (Å²) in [6.45, 7) is 0.918. The second kappa shape index (κ2) is 5.71. The van der Waals surface area contributed by atoms with Crippen LogP contribution in [0.5, 0.6) is 0 Å². The van der Waals surface area contributed by atoms with E-state index < -0.39 is 5.97 Å². The zero-order chi connectivity index (χ0) is 9.97. The summed E-state index contributed by atoms with van der Waals surface area (Å²) in [7, 11) is 0. The Morgan fingerprint density at radius 1 is 1.13 bits per heavy atom. The second-order valence-corrected chi connectivity index (χ2v) is 4.69. The van der Waals surface area contributed by atoms with Gasteiger partial charge in [0.05, 0.1) is 0 Å². The van der Waals surface area contributed by atoms with Gasteiger partial charge in [0.1, 0.15) is 6.04 Å². The smallest absolute Gasteiger partial charge is 0.320 e. The van der Waals surface area contributed by atoms with Gasteiger partial charge in [-0.05, 0) is 24.8 Å². The highest BCUT2D eigenvalue weighted by Crippen LogP contribution is 2.34. The molecule has 1 aliphatic heterocycles. The molecule has 0 aromatic carbocycles. The summed E-state index contributed by atoms with van der Waals surface area (Å²) in [5, 5.41) is 12.0. The summed E-state index contributed by atoms with van der Waals surface area (Å²) in [5.41, 5.74) is 0. The maximum atomic E-state index is 10.8. The first kappa shape index (κ1) is 12.8. The molecule has 0 radical (unpaired) electrons. The summed E-state index contributed by atoms with van der Waals surface area (Å²) < 4.78 is 0. The summed E-state index contributed by atoms with van der Waals surface area (Å²) in [4.78, 5) is 10.8. The fraction of sp³-hybridized carbons (Fsp3) is 0.909. The van der Waals surface area contributed by atoms with Crippen molar-refractivity contribution in [3.05, 3.63) is 0 Å². The Bertz CT molecular complexity index is 217. The molecule has 0 aromatic rings. The number of aliphatic carboxylic acids is 1. The average Bonchev–Trinajstić information content (AvgIpc) is 2.68. The van der Waals surface area contributed by atoms with E-state index in [4.69, 9.17) is 5.11 Å². The zero-order valence-electron chi connectivity index (χ0n) is 8.95. The van der Waals surface area contributed by atoms with Crippen LogP contribution in [0.1, 0.15) is 38.5 Å².